The summed E-state index contributed by atoms with van der Waals surface area (Å²) in [6, 6.07) is 0. The van der Waals surface area contributed by atoms with Crippen LogP contribution in [0.15, 0.2) is 4.99 Å². The van der Waals surface area contributed by atoms with Crippen LogP contribution in [0, 0.1) is 0 Å². The molecule has 1 amide bonds. The molecule has 0 unspecified atom stereocenters. The quantitative estimate of drug-likeness (QED) is 0.569. The molecule has 0 aliphatic carbocycles. The molecule has 0 rings (SSSR count). The van der Waals surface area contributed by atoms with Crippen molar-refractivity contribution in [3.05, 3.63) is 0 Å². The zero-order chi connectivity index (χ0) is 13.6. The first-order chi connectivity index (χ1) is 7.67. The summed E-state index contributed by atoms with van der Waals surface area (Å²) >= 11 is 0. The second-order valence-corrected chi connectivity index (χ2v) is 4.00. The van der Waals surface area contributed by atoms with Crippen molar-refractivity contribution < 1.29 is 27.8 Å². The number of carbonyl (C=O) groups is 2. The Bertz CT molecular complexity index is 321. The van der Waals surface area contributed by atoms with Crippen LogP contribution in [-0.2, 0) is 14.3 Å². The number of alkyl halides is 2. The lowest BCUT2D eigenvalue weighted by molar-refractivity contribution is -0.135. The van der Waals surface area contributed by atoms with Crippen molar-refractivity contribution in [2.45, 2.75) is 39.7 Å². The summed E-state index contributed by atoms with van der Waals surface area (Å²) in [5.74, 6) is -1.33. The van der Waals surface area contributed by atoms with Crippen LogP contribution in [0.3, 0.4) is 0 Å². The standard InChI is InChI=1S/C10H15F2NO4/c1-5-16-8(14)6(7(11)12)13-9(15)17-10(2,3)4/h7H,5H2,1-4H3/b13-6+. The van der Waals surface area contributed by atoms with Crippen molar-refractivity contribution in [2.24, 2.45) is 4.99 Å². The van der Waals surface area contributed by atoms with Gasteiger partial charge in [-0.15, -0.1) is 0 Å². The molecular weight excluding hydrogens is 236 g/mol. The Balaban J connectivity index is 4.82. The summed E-state index contributed by atoms with van der Waals surface area (Å²) in [5, 5.41) is 0. The van der Waals surface area contributed by atoms with Crippen LogP contribution < -0.4 is 0 Å². The summed E-state index contributed by atoms with van der Waals surface area (Å²) in [6.45, 7) is 6.01. The Morgan fingerprint density at radius 3 is 2.18 bits per heavy atom. The van der Waals surface area contributed by atoms with E-state index >= 15 is 0 Å². The van der Waals surface area contributed by atoms with Gasteiger partial charge in [-0.25, -0.2) is 18.4 Å². The molecule has 0 saturated heterocycles. The minimum Gasteiger partial charge on any atom is -0.461 e. The summed E-state index contributed by atoms with van der Waals surface area (Å²) in [7, 11) is 0. The highest BCUT2D eigenvalue weighted by molar-refractivity contribution is 6.39. The third-order valence-corrected chi connectivity index (χ3v) is 1.30. The third kappa shape index (κ3) is 6.60. The minimum atomic E-state index is -3.19. The van der Waals surface area contributed by atoms with E-state index in [4.69, 9.17) is 0 Å². The lowest BCUT2D eigenvalue weighted by atomic mass is 10.2. The molecule has 17 heavy (non-hydrogen) atoms. The zero-order valence-corrected chi connectivity index (χ0v) is 10.1. The predicted molar refractivity (Wildman–Crippen MR) is 56.3 cm³/mol. The van der Waals surface area contributed by atoms with E-state index in [2.05, 4.69) is 14.5 Å². The van der Waals surface area contributed by atoms with Gasteiger partial charge in [-0.05, 0) is 27.7 Å². The number of nitrogens with zero attached hydrogens (tertiary/aromatic N) is 1. The predicted octanol–water partition coefficient (Wildman–Crippen LogP) is 2.19. The van der Waals surface area contributed by atoms with Crippen LogP contribution in [0.25, 0.3) is 0 Å². The van der Waals surface area contributed by atoms with Gasteiger partial charge in [0.2, 0.25) is 0 Å². The Morgan fingerprint density at radius 2 is 1.82 bits per heavy atom. The van der Waals surface area contributed by atoms with Crippen molar-refractivity contribution in [3.63, 3.8) is 0 Å². The molecule has 0 spiro atoms. The molecule has 0 aromatic rings. The van der Waals surface area contributed by atoms with Crippen molar-refractivity contribution in [1.29, 1.82) is 0 Å². The van der Waals surface area contributed by atoms with Gasteiger partial charge >= 0.3 is 12.1 Å². The Labute approximate surface area is 97.8 Å². The first-order valence-corrected chi connectivity index (χ1v) is 4.94. The summed E-state index contributed by atoms with van der Waals surface area (Å²) in [4.78, 5) is 25.1. The highest BCUT2D eigenvalue weighted by Gasteiger charge is 2.26. The largest absolute Gasteiger partial charge is 0.461 e. The molecule has 0 aliphatic rings. The van der Waals surface area contributed by atoms with Crippen LogP contribution in [0.2, 0.25) is 0 Å². The normalized spacial score (nSPS) is 12.5. The zero-order valence-electron chi connectivity index (χ0n) is 10.1. The van der Waals surface area contributed by atoms with E-state index in [1.54, 1.807) is 20.8 Å². The van der Waals surface area contributed by atoms with Crippen LogP contribution >= 0.6 is 0 Å². The molecule has 0 atom stereocenters. The maximum atomic E-state index is 12.4. The second-order valence-electron chi connectivity index (χ2n) is 4.00. The summed E-state index contributed by atoms with van der Waals surface area (Å²) < 4.78 is 33.9. The van der Waals surface area contributed by atoms with Gasteiger partial charge in [-0.3, -0.25) is 0 Å². The fourth-order valence-corrected chi connectivity index (χ4v) is 0.772. The minimum absolute atomic E-state index is 0.0844. The van der Waals surface area contributed by atoms with Gasteiger partial charge in [0.05, 0.1) is 6.61 Å². The van der Waals surface area contributed by atoms with Crippen molar-refractivity contribution >= 4 is 17.8 Å². The maximum Gasteiger partial charge on any atom is 0.434 e. The number of amides is 1. The molecule has 0 aromatic carbocycles. The van der Waals surface area contributed by atoms with E-state index in [1.165, 1.54) is 6.92 Å². The van der Waals surface area contributed by atoms with Gasteiger partial charge in [-0.1, -0.05) is 0 Å². The molecule has 0 N–H and O–H groups in total. The molecular formula is C10H15F2NO4. The number of carbonyl (C=O) groups excluding carboxylic acids is 2. The first-order valence-electron chi connectivity index (χ1n) is 4.94. The number of aliphatic imine (C=N–C) groups is 1. The topological polar surface area (TPSA) is 65.0 Å². The number of ether oxygens (including phenoxy) is 2. The Hall–Kier alpha value is -1.53. The highest BCUT2D eigenvalue weighted by Crippen LogP contribution is 2.09. The Kier molecular flexibility index (Phi) is 5.70. The van der Waals surface area contributed by atoms with Crippen molar-refractivity contribution in [1.82, 2.24) is 0 Å². The van der Waals surface area contributed by atoms with Crippen molar-refractivity contribution in [3.8, 4) is 0 Å². The van der Waals surface area contributed by atoms with Crippen LogP contribution in [0.1, 0.15) is 27.7 Å². The van der Waals surface area contributed by atoms with E-state index in [-0.39, 0.29) is 6.61 Å². The Morgan fingerprint density at radius 1 is 1.29 bits per heavy atom. The van der Waals surface area contributed by atoms with Crippen LogP contribution in [-0.4, -0.2) is 36.4 Å². The molecule has 7 heteroatoms. The number of halogens is 2. The van der Waals surface area contributed by atoms with E-state index in [9.17, 15) is 18.4 Å². The fourth-order valence-electron chi connectivity index (χ4n) is 0.772. The third-order valence-electron chi connectivity index (χ3n) is 1.30. The molecule has 5 nitrogen and oxygen atoms in total. The van der Waals surface area contributed by atoms with E-state index in [1.807, 2.05) is 0 Å². The van der Waals surface area contributed by atoms with Gasteiger partial charge in [-0.2, -0.15) is 4.99 Å². The average molecular weight is 251 g/mol. The summed E-state index contributed by atoms with van der Waals surface area (Å²) in [6.07, 6.45) is -4.44. The van der Waals surface area contributed by atoms with Gasteiger partial charge in [0.1, 0.15) is 5.60 Å². The number of esters is 1. The maximum absolute atomic E-state index is 12.4. The van der Waals surface area contributed by atoms with Crippen molar-refractivity contribution in [2.75, 3.05) is 6.61 Å². The number of hydrogen-bond donors (Lipinski definition) is 0. The van der Waals surface area contributed by atoms with Gasteiger partial charge < -0.3 is 9.47 Å². The molecule has 0 aliphatic heterocycles. The smallest absolute Gasteiger partial charge is 0.434 e. The molecule has 98 valence electrons. The van der Waals surface area contributed by atoms with Crippen LogP contribution in [0.5, 0.6) is 0 Å². The van der Waals surface area contributed by atoms with E-state index in [0.29, 0.717) is 0 Å². The molecule has 0 aromatic heterocycles. The molecule has 0 radical (unpaired) electrons. The molecule has 0 bridgehead atoms. The van der Waals surface area contributed by atoms with Gasteiger partial charge in [0.25, 0.3) is 6.43 Å². The van der Waals surface area contributed by atoms with E-state index in [0.717, 1.165) is 0 Å². The van der Waals surface area contributed by atoms with Gasteiger partial charge in [0, 0.05) is 0 Å². The molecule has 0 saturated carbocycles. The monoisotopic (exact) mass is 251 g/mol. The molecule has 0 heterocycles. The number of hydrogen-bond acceptors (Lipinski definition) is 4. The van der Waals surface area contributed by atoms with Gasteiger partial charge in [0.15, 0.2) is 5.71 Å². The van der Waals surface area contributed by atoms with Crippen LogP contribution in [0.4, 0.5) is 13.6 Å². The lowest BCUT2D eigenvalue weighted by Gasteiger charge is -2.17. The fraction of sp³-hybridized carbons (Fsp3) is 0.700. The lowest BCUT2D eigenvalue weighted by Crippen LogP contribution is -2.28. The van der Waals surface area contributed by atoms with E-state index < -0.39 is 29.8 Å². The highest BCUT2D eigenvalue weighted by atomic mass is 19.3. The second kappa shape index (κ2) is 6.27. The summed E-state index contributed by atoms with van der Waals surface area (Å²) in [5.41, 5.74) is -2.12. The average Bonchev–Trinajstić information content (AvgIpc) is 2.11. The number of rotatable bonds is 3. The first kappa shape index (κ1) is 15.5. The molecule has 0 fully saturated rings. The SMILES string of the molecule is CCOC(=O)/C(=N/C(=O)OC(C)(C)C)C(F)F.